The van der Waals surface area contributed by atoms with E-state index in [2.05, 4.69) is 5.32 Å². The quantitative estimate of drug-likeness (QED) is 0.291. The predicted molar refractivity (Wildman–Crippen MR) is 168 cm³/mol. The highest BCUT2D eigenvalue weighted by Gasteiger charge is 2.34. The summed E-state index contributed by atoms with van der Waals surface area (Å²) in [7, 11) is -3.91. The molecule has 43 heavy (non-hydrogen) atoms. The van der Waals surface area contributed by atoms with Gasteiger partial charge >= 0.3 is 0 Å². The van der Waals surface area contributed by atoms with Crippen molar-refractivity contribution in [2.75, 3.05) is 29.8 Å². The van der Waals surface area contributed by atoms with Gasteiger partial charge in [0.2, 0.25) is 21.8 Å². The summed E-state index contributed by atoms with van der Waals surface area (Å²) in [6, 6.07) is 20.2. The maximum Gasteiger partial charge on any atom is 0.244 e. The first-order chi connectivity index (χ1) is 20.6. The molecule has 2 amide bonds. The zero-order chi connectivity index (χ0) is 31.0. The van der Waals surface area contributed by atoms with Crippen LogP contribution >= 0.6 is 11.6 Å². The van der Waals surface area contributed by atoms with Crippen molar-refractivity contribution in [2.45, 2.75) is 52.2 Å². The summed E-state index contributed by atoms with van der Waals surface area (Å²) in [5.74, 6) is -0.216. The smallest absolute Gasteiger partial charge is 0.244 e. The zero-order valence-corrected chi connectivity index (χ0v) is 26.2. The summed E-state index contributed by atoms with van der Waals surface area (Å²) in [6.45, 7) is 5.57. The van der Waals surface area contributed by atoms with Gasteiger partial charge in [-0.1, -0.05) is 67.1 Å². The number of halogens is 1. The average molecular weight is 628 g/mol. The lowest BCUT2D eigenvalue weighted by molar-refractivity contribution is -0.140. The second-order valence-electron chi connectivity index (χ2n) is 10.4. The number of hydrogen-bond donors (Lipinski definition) is 1. The van der Waals surface area contributed by atoms with Crippen LogP contribution in [0.1, 0.15) is 38.3 Å². The van der Waals surface area contributed by atoms with Crippen LogP contribution in [0, 0.1) is 0 Å². The van der Waals surface area contributed by atoms with E-state index < -0.39 is 28.5 Å². The number of carbonyl (C=O) groups is 2. The maximum atomic E-state index is 14.3. The van der Waals surface area contributed by atoms with Crippen LogP contribution in [0.2, 0.25) is 5.02 Å². The van der Waals surface area contributed by atoms with Gasteiger partial charge in [-0.25, -0.2) is 8.42 Å². The Balaban J connectivity index is 1.76. The lowest BCUT2D eigenvalue weighted by Crippen LogP contribution is -2.54. The second-order valence-corrected chi connectivity index (χ2v) is 13.0. The van der Waals surface area contributed by atoms with E-state index in [9.17, 15) is 18.0 Å². The SMILES string of the molecule is CC[C@@H](C)NC(=O)[C@H](Cc1ccccc1)N(Cc1ccccc1Cl)C(=O)CN(c1ccc2c(c1)OCCO2)S(=O)(=O)CC. The van der Waals surface area contributed by atoms with Gasteiger partial charge < -0.3 is 19.7 Å². The highest BCUT2D eigenvalue weighted by atomic mass is 35.5. The number of carbonyl (C=O) groups excluding carboxylic acids is 2. The van der Waals surface area contributed by atoms with E-state index >= 15 is 0 Å². The monoisotopic (exact) mass is 627 g/mol. The molecule has 0 fully saturated rings. The second kappa shape index (κ2) is 14.6. The lowest BCUT2D eigenvalue weighted by Gasteiger charge is -2.34. The molecule has 0 saturated heterocycles. The minimum absolute atomic E-state index is 0.00504. The number of anilines is 1. The van der Waals surface area contributed by atoms with Crippen molar-refractivity contribution in [2.24, 2.45) is 0 Å². The topological polar surface area (TPSA) is 105 Å². The molecule has 1 aliphatic rings. The molecular weight excluding hydrogens is 590 g/mol. The number of rotatable bonds is 13. The molecule has 0 bridgehead atoms. The summed E-state index contributed by atoms with van der Waals surface area (Å²) in [4.78, 5) is 29.6. The molecule has 1 heterocycles. The molecule has 3 aromatic rings. The van der Waals surface area contributed by atoms with Gasteiger partial charge in [0.25, 0.3) is 0 Å². The molecule has 0 aromatic heterocycles. The van der Waals surface area contributed by atoms with E-state index in [4.69, 9.17) is 21.1 Å². The molecule has 230 valence electrons. The molecule has 9 nitrogen and oxygen atoms in total. The third kappa shape index (κ3) is 8.20. The molecule has 0 radical (unpaired) electrons. The Morgan fingerprint density at radius 1 is 0.953 bits per heavy atom. The predicted octanol–water partition coefficient (Wildman–Crippen LogP) is 4.82. The normalized spacial score (nSPS) is 14.0. The minimum atomic E-state index is -3.91. The number of benzene rings is 3. The van der Waals surface area contributed by atoms with E-state index in [0.29, 0.717) is 41.7 Å². The number of fused-ring (bicyclic) bond motifs is 1. The number of ether oxygens (including phenoxy) is 2. The molecule has 4 rings (SSSR count). The summed E-state index contributed by atoms with van der Waals surface area (Å²) in [5.41, 5.74) is 1.76. The number of nitrogens with one attached hydrogen (secondary N) is 1. The zero-order valence-electron chi connectivity index (χ0n) is 24.7. The maximum absolute atomic E-state index is 14.3. The van der Waals surface area contributed by atoms with Gasteiger partial charge in [0.15, 0.2) is 11.5 Å². The molecule has 0 aliphatic carbocycles. The van der Waals surface area contributed by atoms with Crippen LogP contribution in [0.25, 0.3) is 0 Å². The highest BCUT2D eigenvalue weighted by molar-refractivity contribution is 7.92. The number of hydrogen-bond acceptors (Lipinski definition) is 6. The van der Waals surface area contributed by atoms with Crippen LogP contribution in [0.15, 0.2) is 72.8 Å². The third-order valence-corrected chi connectivity index (χ3v) is 9.47. The fraction of sp³-hybridized carbons (Fsp3) is 0.375. The minimum Gasteiger partial charge on any atom is -0.486 e. The summed E-state index contributed by atoms with van der Waals surface area (Å²) >= 11 is 6.52. The Morgan fingerprint density at radius 3 is 2.30 bits per heavy atom. The Kier molecular flexibility index (Phi) is 10.9. The van der Waals surface area contributed by atoms with Crippen LogP contribution in [-0.4, -0.2) is 62.7 Å². The van der Waals surface area contributed by atoms with Crippen molar-refractivity contribution in [1.82, 2.24) is 10.2 Å². The van der Waals surface area contributed by atoms with Gasteiger partial charge in [0.1, 0.15) is 25.8 Å². The molecule has 2 atom stereocenters. The van der Waals surface area contributed by atoms with Crippen molar-refractivity contribution in [3.05, 3.63) is 88.9 Å². The fourth-order valence-corrected chi connectivity index (χ4v) is 5.96. The van der Waals surface area contributed by atoms with E-state index in [1.54, 1.807) is 42.5 Å². The van der Waals surface area contributed by atoms with Gasteiger partial charge in [-0.05, 0) is 49.6 Å². The van der Waals surface area contributed by atoms with Gasteiger partial charge in [0.05, 0.1) is 11.4 Å². The van der Waals surface area contributed by atoms with E-state index in [-0.39, 0.29) is 36.4 Å². The summed E-state index contributed by atoms with van der Waals surface area (Å²) in [6.07, 6.45) is 0.929. The number of nitrogens with zero attached hydrogens (tertiary/aromatic N) is 2. The van der Waals surface area contributed by atoms with E-state index in [0.717, 1.165) is 9.87 Å². The van der Waals surface area contributed by atoms with Crippen LogP contribution in [0.3, 0.4) is 0 Å². The lowest BCUT2D eigenvalue weighted by atomic mass is 10.0. The summed E-state index contributed by atoms with van der Waals surface area (Å²) < 4.78 is 39.1. The summed E-state index contributed by atoms with van der Waals surface area (Å²) in [5, 5.41) is 3.45. The Morgan fingerprint density at radius 2 is 1.63 bits per heavy atom. The number of amides is 2. The van der Waals surface area contributed by atoms with Crippen molar-refractivity contribution >= 4 is 39.1 Å². The molecule has 0 saturated carbocycles. The largest absolute Gasteiger partial charge is 0.486 e. The van der Waals surface area contributed by atoms with E-state index in [1.165, 1.54) is 11.8 Å². The van der Waals surface area contributed by atoms with E-state index in [1.807, 2.05) is 44.2 Å². The molecule has 1 N–H and O–H groups in total. The first-order valence-corrected chi connectivity index (χ1v) is 16.4. The number of sulfonamides is 1. The molecular formula is C32H38ClN3O6S. The fourth-order valence-electron chi connectivity index (χ4n) is 4.71. The van der Waals surface area contributed by atoms with Crippen LogP contribution in [0.4, 0.5) is 5.69 Å². The molecule has 0 unspecified atom stereocenters. The Hall–Kier alpha value is -3.76. The van der Waals surface area contributed by atoms with Crippen molar-refractivity contribution in [1.29, 1.82) is 0 Å². The molecule has 11 heteroatoms. The molecule has 1 aliphatic heterocycles. The van der Waals surface area contributed by atoms with Gasteiger partial charge in [-0.2, -0.15) is 0 Å². The Bertz CT molecular complexity index is 1520. The van der Waals surface area contributed by atoms with Gasteiger partial charge in [-0.15, -0.1) is 0 Å². The van der Waals surface area contributed by atoms with Crippen LogP contribution < -0.4 is 19.1 Å². The van der Waals surface area contributed by atoms with Crippen LogP contribution in [-0.2, 0) is 32.6 Å². The van der Waals surface area contributed by atoms with Crippen molar-refractivity contribution in [3.8, 4) is 11.5 Å². The standard InChI is InChI=1S/C32H38ClN3O6S/c1-4-23(3)34-32(38)28(19-24-11-7-6-8-12-24)35(21-25-13-9-10-14-27(25)33)31(37)22-36(43(39,40)5-2)26-15-16-29-30(20-26)42-18-17-41-29/h6-16,20,23,28H,4-5,17-19,21-22H2,1-3H3,(H,34,38)/t23-,28+/m1/s1. The molecule has 0 spiro atoms. The molecule has 3 aromatic carbocycles. The van der Waals surface area contributed by atoms with Crippen molar-refractivity contribution < 1.29 is 27.5 Å². The van der Waals surface area contributed by atoms with Crippen molar-refractivity contribution in [3.63, 3.8) is 0 Å². The third-order valence-electron chi connectivity index (χ3n) is 7.36. The average Bonchev–Trinajstić information content (AvgIpc) is 3.02. The Labute approximate surface area is 258 Å². The van der Waals surface area contributed by atoms with Crippen LogP contribution in [0.5, 0.6) is 11.5 Å². The van der Waals surface area contributed by atoms with Gasteiger partial charge in [-0.3, -0.25) is 13.9 Å². The first-order valence-electron chi connectivity index (χ1n) is 14.4. The first kappa shape index (κ1) is 32.2. The van der Waals surface area contributed by atoms with Gasteiger partial charge in [0, 0.05) is 30.1 Å². The highest BCUT2D eigenvalue weighted by Crippen LogP contribution is 2.35.